The third kappa shape index (κ3) is 7.93. The van der Waals surface area contributed by atoms with Crippen molar-refractivity contribution in [3.63, 3.8) is 0 Å². The molecule has 1 aliphatic heterocycles. The van der Waals surface area contributed by atoms with Gasteiger partial charge in [-0.3, -0.25) is 9.36 Å². The van der Waals surface area contributed by atoms with Gasteiger partial charge < -0.3 is 28.4 Å². The number of esters is 2. The van der Waals surface area contributed by atoms with Crippen LogP contribution in [0.25, 0.3) is 11.8 Å². The summed E-state index contributed by atoms with van der Waals surface area (Å²) in [5.74, 6) is 1.01. The van der Waals surface area contributed by atoms with E-state index in [2.05, 4.69) is 0 Å². The van der Waals surface area contributed by atoms with Crippen molar-refractivity contribution in [2.24, 2.45) is 4.99 Å². The molecule has 2 heterocycles. The van der Waals surface area contributed by atoms with Crippen LogP contribution in [0.2, 0.25) is 0 Å². The van der Waals surface area contributed by atoms with Crippen molar-refractivity contribution in [2.45, 2.75) is 33.4 Å². The average molecular weight is 749 g/mol. The molecular weight excluding hydrogens is 709 g/mol. The van der Waals surface area contributed by atoms with Gasteiger partial charge in [-0.15, -0.1) is 0 Å². The molecule has 278 valence electrons. The topological polar surface area (TPSA) is 124 Å². The summed E-state index contributed by atoms with van der Waals surface area (Å²) in [5, 5.41) is 0. The van der Waals surface area contributed by atoms with Crippen LogP contribution < -0.4 is 33.8 Å². The largest absolute Gasteiger partial charge is 0.493 e. The lowest BCUT2D eigenvalue weighted by Gasteiger charge is -2.26. The average Bonchev–Trinajstić information content (AvgIpc) is 3.51. The minimum absolute atomic E-state index is 0.136. The Kier molecular flexibility index (Phi) is 11.9. The summed E-state index contributed by atoms with van der Waals surface area (Å²) in [6.07, 6.45) is 1.77. The van der Waals surface area contributed by atoms with Crippen molar-refractivity contribution >= 4 is 35.0 Å². The first kappa shape index (κ1) is 37.6. The highest BCUT2D eigenvalue weighted by Crippen LogP contribution is 2.38. The number of rotatable bonds is 14. The lowest BCUT2D eigenvalue weighted by Crippen LogP contribution is -2.40. The third-order valence-electron chi connectivity index (χ3n) is 8.52. The zero-order valence-corrected chi connectivity index (χ0v) is 31.4. The molecule has 4 aromatic carbocycles. The number of hydrogen-bond donors (Lipinski definition) is 0. The first-order valence-corrected chi connectivity index (χ1v) is 18.3. The van der Waals surface area contributed by atoms with Gasteiger partial charge in [0.1, 0.15) is 6.61 Å². The van der Waals surface area contributed by atoms with Crippen LogP contribution in [0.4, 0.5) is 0 Å². The molecule has 12 heteroatoms. The molecule has 6 rings (SSSR count). The molecule has 0 fully saturated rings. The molecule has 54 heavy (non-hydrogen) atoms. The lowest BCUT2D eigenvalue weighted by molar-refractivity contribution is -0.138. The summed E-state index contributed by atoms with van der Waals surface area (Å²) in [4.78, 5) is 45.7. The fraction of sp³-hybridized carbons (Fsp3) is 0.238. The Hall–Kier alpha value is -6.14. The lowest BCUT2D eigenvalue weighted by atomic mass is 9.93. The molecule has 5 aromatic rings. The number of hydrogen-bond acceptors (Lipinski definition) is 11. The number of carbonyl (C=O) groups excluding carboxylic acids is 2. The molecule has 0 saturated heterocycles. The van der Waals surface area contributed by atoms with Crippen LogP contribution in [0.15, 0.2) is 106 Å². The van der Waals surface area contributed by atoms with Gasteiger partial charge in [0.05, 0.1) is 61.4 Å². The molecule has 1 aromatic heterocycles. The number of nitrogens with zero attached hydrogens (tertiary/aromatic N) is 2. The Morgan fingerprint density at radius 2 is 1.46 bits per heavy atom. The molecule has 0 aliphatic carbocycles. The summed E-state index contributed by atoms with van der Waals surface area (Å²) in [6.45, 7) is 6.45. The van der Waals surface area contributed by atoms with Gasteiger partial charge in [-0.25, -0.2) is 14.6 Å². The minimum atomic E-state index is -0.890. The molecule has 11 nitrogen and oxygen atoms in total. The summed E-state index contributed by atoms with van der Waals surface area (Å²) in [5.41, 5.74) is 3.65. The van der Waals surface area contributed by atoms with E-state index in [1.807, 2.05) is 61.5 Å². The highest BCUT2D eigenvalue weighted by atomic mass is 32.1. The number of carbonyl (C=O) groups is 2. The quantitative estimate of drug-likeness (QED) is 0.124. The van der Waals surface area contributed by atoms with Crippen molar-refractivity contribution < 1.29 is 38.0 Å². The normalized spacial score (nSPS) is 13.8. The van der Waals surface area contributed by atoms with E-state index in [1.54, 1.807) is 63.4 Å². The third-order valence-corrected chi connectivity index (χ3v) is 9.50. The number of benzene rings is 4. The summed E-state index contributed by atoms with van der Waals surface area (Å²) >= 11 is 1.22. The summed E-state index contributed by atoms with van der Waals surface area (Å²) in [6, 6.07) is 26.2. The van der Waals surface area contributed by atoms with Gasteiger partial charge in [0.2, 0.25) is 0 Å². The maximum atomic E-state index is 14.5. The zero-order valence-electron chi connectivity index (χ0n) is 30.6. The predicted octanol–water partition coefficient (Wildman–Crippen LogP) is 6.11. The van der Waals surface area contributed by atoms with E-state index in [0.717, 1.165) is 5.56 Å². The maximum absolute atomic E-state index is 14.5. The van der Waals surface area contributed by atoms with Crippen LogP contribution in [0.3, 0.4) is 0 Å². The van der Waals surface area contributed by atoms with E-state index in [-0.39, 0.29) is 30.3 Å². The SMILES string of the molecule is CCOC(=O)C1=C(c2ccccc2)N=c2s/c(=C\c3ccc(OCc4ccc(C(=O)OCC)cc4)c(OCC)c3)c(=O)n2[C@@H]1c1ccc(OC)c(OC)c1. The molecule has 0 radical (unpaired) electrons. The standard InChI is InChI=1S/C42H40N2O9S/c1-6-50-34-22-27(16-20-32(34)53-25-26-14-17-29(18-15-26)40(46)51-7-2)23-35-39(45)44-38(30-19-21-31(48-4)33(24-30)49-5)36(41(47)52-8-3)37(43-42(44)54-35)28-12-10-9-11-13-28/h9-24,38H,6-8,25H2,1-5H3/b35-23-/t38-/m1/s1. The Morgan fingerprint density at radius 1 is 0.759 bits per heavy atom. The summed E-state index contributed by atoms with van der Waals surface area (Å²) in [7, 11) is 3.07. The monoisotopic (exact) mass is 748 g/mol. The van der Waals surface area contributed by atoms with Crippen molar-refractivity contribution in [2.75, 3.05) is 34.0 Å². The van der Waals surface area contributed by atoms with Crippen molar-refractivity contribution in [3.05, 3.63) is 144 Å². The second-order valence-electron chi connectivity index (χ2n) is 11.9. The molecule has 1 aliphatic rings. The zero-order chi connectivity index (χ0) is 38.2. The van der Waals surface area contributed by atoms with Crippen LogP contribution in [0.1, 0.15) is 59.4 Å². The van der Waals surface area contributed by atoms with Crippen LogP contribution in [-0.2, 0) is 20.9 Å². The van der Waals surface area contributed by atoms with Gasteiger partial charge in [-0.1, -0.05) is 65.9 Å². The predicted molar refractivity (Wildman–Crippen MR) is 205 cm³/mol. The van der Waals surface area contributed by atoms with Crippen LogP contribution >= 0.6 is 11.3 Å². The molecular formula is C42H40N2O9S. The van der Waals surface area contributed by atoms with Crippen molar-refractivity contribution in [1.29, 1.82) is 0 Å². The van der Waals surface area contributed by atoms with E-state index in [4.69, 9.17) is 33.4 Å². The Labute approximate surface area is 316 Å². The van der Waals surface area contributed by atoms with E-state index in [0.29, 0.717) is 73.5 Å². The molecule has 0 bridgehead atoms. The Balaban J connectivity index is 1.43. The number of aromatic nitrogens is 1. The highest BCUT2D eigenvalue weighted by Gasteiger charge is 2.35. The van der Waals surface area contributed by atoms with E-state index < -0.39 is 12.0 Å². The highest BCUT2D eigenvalue weighted by molar-refractivity contribution is 7.07. The maximum Gasteiger partial charge on any atom is 0.338 e. The van der Waals surface area contributed by atoms with E-state index in [1.165, 1.54) is 23.0 Å². The number of fused-ring (bicyclic) bond motifs is 1. The first-order chi connectivity index (χ1) is 26.3. The molecule has 1 atom stereocenters. The van der Waals surface area contributed by atoms with Crippen LogP contribution in [-0.4, -0.2) is 50.5 Å². The van der Waals surface area contributed by atoms with Crippen molar-refractivity contribution in [3.8, 4) is 23.0 Å². The first-order valence-electron chi connectivity index (χ1n) is 17.5. The van der Waals surface area contributed by atoms with Gasteiger partial charge in [-0.2, -0.15) is 0 Å². The fourth-order valence-electron chi connectivity index (χ4n) is 6.04. The van der Waals surface area contributed by atoms with Gasteiger partial charge in [0.25, 0.3) is 5.56 Å². The summed E-state index contributed by atoms with van der Waals surface area (Å²) < 4.78 is 35.8. The molecule has 0 N–H and O–H groups in total. The number of thiazole rings is 1. The fourth-order valence-corrected chi connectivity index (χ4v) is 7.05. The Morgan fingerprint density at radius 3 is 2.15 bits per heavy atom. The molecule has 0 amide bonds. The number of ether oxygens (including phenoxy) is 6. The van der Waals surface area contributed by atoms with Crippen LogP contribution in [0, 0.1) is 0 Å². The van der Waals surface area contributed by atoms with Gasteiger partial charge in [0, 0.05) is 5.56 Å². The van der Waals surface area contributed by atoms with Gasteiger partial charge in [0.15, 0.2) is 27.8 Å². The molecule has 0 unspecified atom stereocenters. The van der Waals surface area contributed by atoms with E-state index >= 15 is 0 Å². The van der Waals surface area contributed by atoms with E-state index in [9.17, 15) is 14.4 Å². The second-order valence-corrected chi connectivity index (χ2v) is 12.9. The smallest absolute Gasteiger partial charge is 0.338 e. The molecule has 0 saturated carbocycles. The van der Waals surface area contributed by atoms with Gasteiger partial charge >= 0.3 is 11.9 Å². The van der Waals surface area contributed by atoms with Crippen LogP contribution in [0.5, 0.6) is 23.0 Å². The second kappa shape index (κ2) is 17.1. The van der Waals surface area contributed by atoms with Crippen molar-refractivity contribution in [1.82, 2.24) is 4.57 Å². The van der Waals surface area contributed by atoms with Gasteiger partial charge in [-0.05, 0) is 79.9 Å². The number of methoxy groups -OCH3 is 2. The molecule has 0 spiro atoms. The Bertz CT molecular complexity index is 2360. The minimum Gasteiger partial charge on any atom is -0.493 e.